The van der Waals surface area contributed by atoms with Gasteiger partial charge in [-0.2, -0.15) is 0 Å². The number of carboxylic acid groups (broad SMARTS) is 1. The van der Waals surface area contributed by atoms with Crippen molar-refractivity contribution in [1.82, 2.24) is 9.88 Å². The lowest BCUT2D eigenvalue weighted by Crippen LogP contribution is -2.42. The zero-order chi connectivity index (χ0) is 23.2. The first kappa shape index (κ1) is 21.0. The van der Waals surface area contributed by atoms with Gasteiger partial charge in [0.1, 0.15) is 6.54 Å². The van der Waals surface area contributed by atoms with Gasteiger partial charge >= 0.3 is 10.8 Å². The highest BCUT2D eigenvalue weighted by Gasteiger charge is 2.69. The topological polar surface area (TPSA) is 111 Å². The van der Waals surface area contributed by atoms with Crippen molar-refractivity contribution in [1.29, 1.82) is 0 Å². The molecule has 4 aliphatic rings. The van der Waals surface area contributed by atoms with Gasteiger partial charge in [0.25, 0.3) is 0 Å². The van der Waals surface area contributed by atoms with E-state index >= 15 is 0 Å². The number of fused-ring (bicyclic) bond motifs is 9. The highest BCUT2D eigenvalue weighted by molar-refractivity contribution is 8.00. The Labute approximate surface area is 198 Å². The zero-order valence-corrected chi connectivity index (χ0v) is 19.7. The molecule has 2 saturated carbocycles. The third-order valence-electron chi connectivity index (χ3n) is 7.88. The number of nitrogens with zero attached hydrogens (tertiary/aromatic N) is 2. The maximum Gasteiger partial charge on any atom is 0.323 e. The van der Waals surface area contributed by atoms with Crippen LogP contribution >= 0.6 is 23.1 Å². The summed E-state index contributed by atoms with van der Waals surface area (Å²) >= 11 is 2.87. The van der Waals surface area contributed by atoms with Gasteiger partial charge in [-0.3, -0.25) is 24.1 Å². The summed E-state index contributed by atoms with van der Waals surface area (Å²) in [7, 11) is 3.97. The summed E-state index contributed by atoms with van der Waals surface area (Å²) in [5, 5.41) is 10.2. The molecule has 7 atom stereocenters. The van der Waals surface area contributed by atoms with Crippen molar-refractivity contribution in [3.63, 3.8) is 0 Å². The molecule has 2 bridgehead atoms. The van der Waals surface area contributed by atoms with E-state index in [4.69, 9.17) is 0 Å². The molecule has 1 aromatic carbocycles. The molecule has 2 amide bonds. The number of aliphatic carboxylic acids is 1. The van der Waals surface area contributed by atoms with Crippen LogP contribution in [0.1, 0.15) is 22.8 Å². The maximum absolute atomic E-state index is 13.2. The van der Waals surface area contributed by atoms with Crippen molar-refractivity contribution < 1.29 is 19.5 Å². The van der Waals surface area contributed by atoms with Gasteiger partial charge in [-0.05, 0) is 41.9 Å². The van der Waals surface area contributed by atoms with Gasteiger partial charge in [0.2, 0.25) is 11.8 Å². The van der Waals surface area contributed by atoms with Gasteiger partial charge in [-0.25, -0.2) is 0 Å². The number of aromatic nitrogens is 1. The molecule has 3 fully saturated rings. The first-order valence-electron chi connectivity index (χ1n) is 11.0. The Bertz CT molecular complexity index is 1240. The Balaban J connectivity index is 1.43. The van der Waals surface area contributed by atoms with Crippen LogP contribution in [0.25, 0.3) is 0 Å². The van der Waals surface area contributed by atoms with Gasteiger partial charge in [0.05, 0.1) is 16.9 Å². The number of rotatable bonds is 4. The highest BCUT2D eigenvalue weighted by Crippen LogP contribution is 2.68. The van der Waals surface area contributed by atoms with Gasteiger partial charge in [0, 0.05) is 35.8 Å². The lowest BCUT2D eigenvalue weighted by Gasteiger charge is -2.43. The molecule has 2 aliphatic heterocycles. The van der Waals surface area contributed by atoms with E-state index in [-0.39, 0.29) is 45.6 Å². The number of thiazole rings is 1. The fourth-order valence-electron chi connectivity index (χ4n) is 6.72. The number of hydrogen-bond donors (Lipinski definition) is 2. The summed E-state index contributed by atoms with van der Waals surface area (Å²) < 4.78 is 0. The number of likely N-dealkylation sites (tertiary alicyclic amines) is 1. The van der Waals surface area contributed by atoms with Gasteiger partial charge < -0.3 is 15.0 Å². The third kappa shape index (κ3) is 2.89. The number of imide groups is 1. The van der Waals surface area contributed by atoms with E-state index in [1.165, 1.54) is 11.3 Å². The van der Waals surface area contributed by atoms with Crippen LogP contribution in [0, 0.1) is 29.6 Å². The summed E-state index contributed by atoms with van der Waals surface area (Å²) in [6, 6.07) is 8.33. The molecule has 0 spiro atoms. The van der Waals surface area contributed by atoms with Crippen LogP contribution in [-0.2, 0) is 14.4 Å². The Morgan fingerprint density at radius 1 is 1.12 bits per heavy atom. The monoisotopic (exact) mass is 485 g/mol. The first-order valence-corrected chi connectivity index (χ1v) is 12.7. The SMILES string of the molecule is CN(C)c1ccc([C@@H]2c3sc(=O)[nH]c3S[C@@H]3[C@H]4C[C@@H]([C@@H]5C(=O)N(CC(=O)O)C(=O)[C@H]45)[C@@H]23)cc1. The smallest absolute Gasteiger partial charge is 0.323 e. The molecule has 6 rings (SSSR count). The molecule has 2 aliphatic carbocycles. The minimum atomic E-state index is -1.17. The predicted molar refractivity (Wildman–Crippen MR) is 124 cm³/mol. The van der Waals surface area contributed by atoms with Crippen molar-refractivity contribution in [2.24, 2.45) is 29.6 Å². The predicted octanol–water partition coefficient (Wildman–Crippen LogP) is 2.06. The molecular formula is C23H23N3O5S2. The quantitative estimate of drug-likeness (QED) is 0.638. The maximum atomic E-state index is 13.2. The van der Waals surface area contributed by atoms with E-state index in [0.29, 0.717) is 0 Å². The van der Waals surface area contributed by atoms with Crippen molar-refractivity contribution in [3.05, 3.63) is 44.4 Å². The van der Waals surface area contributed by atoms with Crippen LogP contribution in [0.2, 0.25) is 0 Å². The third-order valence-corrected chi connectivity index (χ3v) is 10.5. The molecule has 1 aromatic heterocycles. The second kappa shape index (κ2) is 7.20. The van der Waals surface area contributed by atoms with Crippen molar-refractivity contribution in [2.45, 2.75) is 22.6 Å². The Morgan fingerprint density at radius 3 is 2.42 bits per heavy atom. The molecule has 0 radical (unpaired) electrons. The van der Waals surface area contributed by atoms with Gasteiger partial charge in [-0.15, -0.1) is 11.8 Å². The number of amides is 2. The van der Waals surface area contributed by atoms with Crippen LogP contribution in [-0.4, -0.2) is 58.7 Å². The van der Waals surface area contributed by atoms with E-state index in [0.717, 1.165) is 32.5 Å². The summed E-state index contributed by atoms with van der Waals surface area (Å²) in [4.78, 5) is 56.7. The average Bonchev–Trinajstić information content (AvgIpc) is 3.49. The van der Waals surface area contributed by atoms with Crippen molar-refractivity contribution in [3.8, 4) is 0 Å². The number of anilines is 1. The largest absolute Gasteiger partial charge is 0.480 e. The average molecular weight is 486 g/mol. The molecule has 10 heteroatoms. The van der Waals surface area contributed by atoms with Crippen molar-refractivity contribution >= 4 is 46.6 Å². The standard InChI is InChI=1S/C23H23N3O5S2/c1-25(2)10-5-3-9(4-6-10)14-15-11-7-12(18(15)32-20-19(14)33-23(31)24-20)17-16(11)21(29)26(22(17)30)8-13(27)28/h3-6,11-12,14-18H,7-8H2,1-2H3,(H,24,31)(H,27,28)/t11-,12+,14+,15+,16+,17-,18-/m1/s1. The minimum Gasteiger partial charge on any atom is -0.480 e. The Hall–Kier alpha value is -2.59. The molecule has 2 aromatic rings. The number of carbonyl (C=O) groups is 3. The molecular weight excluding hydrogens is 462 g/mol. The number of hydrogen-bond acceptors (Lipinski definition) is 7. The van der Waals surface area contributed by atoms with Crippen molar-refractivity contribution in [2.75, 3.05) is 25.5 Å². The second-order valence-electron chi connectivity index (χ2n) is 9.60. The summed E-state index contributed by atoms with van der Waals surface area (Å²) in [6.45, 7) is -0.567. The summed E-state index contributed by atoms with van der Waals surface area (Å²) in [5.41, 5.74) is 2.19. The molecule has 172 valence electrons. The molecule has 0 unspecified atom stereocenters. The van der Waals surface area contributed by atoms with E-state index in [9.17, 15) is 24.3 Å². The van der Waals surface area contributed by atoms with Crippen LogP contribution in [0.5, 0.6) is 0 Å². The Morgan fingerprint density at radius 2 is 1.79 bits per heavy atom. The van der Waals surface area contributed by atoms with Crippen LogP contribution in [0.3, 0.4) is 0 Å². The van der Waals surface area contributed by atoms with E-state index in [2.05, 4.69) is 29.2 Å². The summed E-state index contributed by atoms with van der Waals surface area (Å²) in [5.74, 6) is -2.65. The van der Waals surface area contributed by atoms with Gasteiger partial charge in [-0.1, -0.05) is 23.5 Å². The molecule has 3 heterocycles. The summed E-state index contributed by atoms with van der Waals surface area (Å²) in [6.07, 6.45) is 0.793. The van der Waals surface area contributed by atoms with Crippen LogP contribution in [0.15, 0.2) is 34.1 Å². The normalized spacial score (nSPS) is 33.8. The number of nitrogens with one attached hydrogen (secondary N) is 1. The van der Waals surface area contributed by atoms with E-state index in [1.807, 2.05) is 19.0 Å². The molecule has 33 heavy (non-hydrogen) atoms. The Kier molecular flexibility index (Phi) is 4.58. The second-order valence-corrected chi connectivity index (χ2v) is 11.8. The molecule has 1 saturated heterocycles. The number of H-pyrrole nitrogens is 1. The lowest BCUT2D eigenvalue weighted by atomic mass is 9.68. The highest BCUT2D eigenvalue weighted by atomic mass is 32.2. The number of thioether (sulfide) groups is 1. The lowest BCUT2D eigenvalue weighted by molar-refractivity contribution is -0.149. The molecule has 8 nitrogen and oxygen atoms in total. The number of benzene rings is 1. The minimum absolute atomic E-state index is 0.00313. The number of aromatic amines is 1. The number of carbonyl (C=O) groups excluding carboxylic acids is 2. The number of carboxylic acids is 1. The zero-order valence-electron chi connectivity index (χ0n) is 18.1. The fourth-order valence-corrected chi connectivity index (χ4v) is 9.61. The molecule has 2 N–H and O–H groups in total. The van der Waals surface area contributed by atoms with Crippen LogP contribution < -0.4 is 9.77 Å². The first-order chi connectivity index (χ1) is 15.8. The fraction of sp³-hybridized carbons (Fsp3) is 0.478. The van der Waals surface area contributed by atoms with E-state index < -0.39 is 24.3 Å². The van der Waals surface area contributed by atoms with Crippen LogP contribution in [0.4, 0.5) is 5.69 Å². The van der Waals surface area contributed by atoms with Gasteiger partial charge in [0.15, 0.2) is 0 Å². The van der Waals surface area contributed by atoms with E-state index in [1.54, 1.807) is 11.8 Å².